The summed E-state index contributed by atoms with van der Waals surface area (Å²) in [5.74, 6) is 2.76. The molecule has 1 N–H and O–H groups in total. The fourth-order valence-corrected chi connectivity index (χ4v) is 3.16. The minimum Gasteiger partial charge on any atom is -0.493 e. The Morgan fingerprint density at radius 2 is 2.11 bits per heavy atom. The number of aromatic nitrogens is 3. The molecule has 0 bridgehead atoms. The molecule has 2 aromatic heterocycles. The Labute approximate surface area is 162 Å². The van der Waals surface area contributed by atoms with Gasteiger partial charge in [-0.25, -0.2) is 4.98 Å². The van der Waals surface area contributed by atoms with Crippen LogP contribution in [0.4, 0.5) is 5.82 Å². The van der Waals surface area contributed by atoms with Crippen LogP contribution < -0.4 is 14.8 Å². The first-order valence-corrected chi connectivity index (χ1v) is 9.15. The summed E-state index contributed by atoms with van der Waals surface area (Å²) in [6.45, 7) is 1.60. The van der Waals surface area contributed by atoms with Gasteiger partial charge in [0.1, 0.15) is 5.82 Å². The van der Waals surface area contributed by atoms with Crippen LogP contribution in [-0.2, 0) is 4.74 Å². The molecule has 0 saturated carbocycles. The Balaban J connectivity index is 1.50. The highest BCUT2D eigenvalue weighted by atomic mass is 16.5. The molecule has 0 spiro atoms. The van der Waals surface area contributed by atoms with Crippen molar-refractivity contribution in [2.24, 2.45) is 0 Å². The molecule has 8 nitrogen and oxygen atoms in total. The lowest BCUT2D eigenvalue weighted by Crippen LogP contribution is -2.18. The molecule has 8 heteroatoms. The van der Waals surface area contributed by atoms with Crippen molar-refractivity contribution >= 4 is 5.82 Å². The number of para-hydroxylation sites is 1. The topological polar surface area (TPSA) is 91.5 Å². The van der Waals surface area contributed by atoms with Gasteiger partial charge in [-0.2, -0.15) is 4.98 Å². The Morgan fingerprint density at radius 1 is 1.18 bits per heavy atom. The highest BCUT2D eigenvalue weighted by Crippen LogP contribution is 2.37. The smallest absolute Gasteiger partial charge is 0.259 e. The molecular weight excluding hydrogens is 360 g/mol. The molecule has 0 unspecified atom stereocenters. The van der Waals surface area contributed by atoms with E-state index in [-0.39, 0.29) is 6.10 Å². The van der Waals surface area contributed by atoms with Gasteiger partial charge in [0.15, 0.2) is 11.5 Å². The van der Waals surface area contributed by atoms with Crippen LogP contribution in [0.1, 0.15) is 12.8 Å². The number of nitrogens with zero attached hydrogens (tertiary/aromatic N) is 3. The van der Waals surface area contributed by atoms with Crippen molar-refractivity contribution in [3.05, 3.63) is 36.5 Å². The van der Waals surface area contributed by atoms with Crippen LogP contribution >= 0.6 is 0 Å². The lowest BCUT2D eigenvalue weighted by atomic mass is 10.1. The number of nitrogens with one attached hydrogen (secondary N) is 1. The molecule has 3 aromatic rings. The fraction of sp³-hybridized carbons (Fsp3) is 0.350. The quantitative estimate of drug-likeness (QED) is 0.665. The van der Waals surface area contributed by atoms with Gasteiger partial charge in [-0.1, -0.05) is 11.2 Å². The van der Waals surface area contributed by atoms with Crippen molar-refractivity contribution in [2.75, 3.05) is 32.7 Å². The van der Waals surface area contributed by atoms with Crippen LogP contribution in [0.15, 0.2) is 41.1 Å². The maximum absolute atomic E-state index is 5.61. The molecule has 1 atom stereocenters. The Bertz CT molecular complexity index is 920. The van der Waals surface area contributed by atoms with E-state index in [1.165, 1.54) is 0 Å². The predicted octanol–water partition coefficient (Wildman–Crippen LogP) is 3.41. The number of hydrogen-bond acceptors (Lipinski definition) is 8. The number of pyridine rings is 1. The minimum atomic E-state index is 0.262. The summed E-state index contributed by atoms with van der Waals surface area (Å²) in [7, 11) is 3.16. The number of rotatable bonds is 7. The number of anilines is 1. The second-order valence-corrected chi connectivity index (χ2v) is 6.41. The lowest BCUT2D eigenvalue weighted by molar-refractivity contribution is 0.120. The normalized spacial score (nSPS) is 16.1. The Morgan fingerprint density at radius 3 is 2.82 bits per heavy atom. The molecule has 4 rings (SSSR count). The van der Waals surface area contributed by atoms with Gasteiger partial charge in [0.2, 0.25) is 5.82 Å². The zero-order valence-electron chi connectivity index (χ0n) is 15.8. The summed E-state index contributed by atoms with van der Waals surface area (Å²) in [5, 5.41) is 7.37. The van der Waals surface area contributed by atoms with Crippen molar-refractivity contribution < 1.29 is 18.7 Å². The number of ether oxygens (including phenoxy) is 3. The zero-order valence-corrected chi connectivity index (χ0v) is 15.8. The molecule has 0 amide bonds. The third-order valence-electron chi connectivity index (χ3n) is 4.62. The number of hydrogen-bond donors (Lipinski definition) is 1. The summed E-state index contributed by atoms with van der Waals surface area (Å²) in [4.78, 5) is 8.90. The molecule has 1 saturated heterocycles. The van der Waals surface area contributed by atoms with Crippen LogP contribution in [0.5, 0.6) is 11.5 Å². The molecule has 28 heavy (non-hydrogen) atoms. The van der Waals surface area contributed by atoms with Gasteiger partial charge in [-0.15, -0.1) is 0 Å². The van der Waals surface area contributed by atoms with E-state index in [0.717, 1.165) is 37.4 Å². The molecular formula is C20H22N4O4. The van der Waals surface area contributed by atoms with Crippen LogP contribution in [0, 0.1) is 0 Å². The van der Waals surface area contributed by atoms with Crippen molar-refractivity contribution in [1.82, 2.24) is 15.1 Å². The average molecular weight is 382 g/mol. The van der Waals surface area contributed by atoms with E-state index in [2.05, 4.69) is 20.4 Å². The summed E-state index contributed by atoms with van der Waals surface area (Å²) < 4.78 is 21.8. The Kier molecular flexibility index (Phi) is 5.38. The van der Waals surface area contributed by atoms with E-state index < -0.39 is 0 Å². The van der Waals surface area contributed by atoms with Gasteiger partial charge >= 0.3 is 0 Å². The van der Waals surface area contributed by atoms with Crippen molar-refractivity contribution in [3.8, 4) is 34.3 Å². The van der Waals surface area contributed by atoms with E-state index >= 15 is 0 Å². The van der Waals surface area contributed by atoms with Crippen LogP contribution in [0.2, 0.25) is 0 Å². The minimum absolute atomic E-state index is 0.262. The van der Waals surface area contributed by atoms with Gasteiger partial charge < -0.3 is 24.1 Å². The van der Waals surface area contributed by atoms with E-state index in [0.29, 0.717) is 28.8 Å². The molecule has 0 aliphatic carbocycles. The van der Waals surface area contributed by atoms with Crippen molar-refractivity contribution in [3.63, 3.8) is 0 Å². The van der Waals surface area contributed by atoms with E-state index in [9.17, 15) is 0 Å². The van der Waals surface area contributed by atoms with Crippen molar-refractivity contribution in [1.29, 1.82) is 0 Å². The maximum Gasteiger partial charge on any atom is 0.259 e. The monoisotopic (exact) mass is 382 g/mol. The van der Waals surface area contributed by atoms with Crippen LogP contribution in [-0.4, -0.2) is 48.6 Å². The zero-order chi connectivity index (χ0) is 19.3. The van der Waals surface area contributed by atoms with Gasteiger partial charge in [-0.05, 0) is 37.1 Å². The highest BCUT2D eigenvalue weighted by molar-refractivity contribution is 5.69. The maximum atomic E-state index is 5.61. The first kappa shape index (κ1) is 18.2. The third kappa shape index (κ3) is 3.77. The average Bonchev–Trinajstić information content (AvgIpc) is 3.44. The largest absolute Gasteiger partial charge is 0.493 e. The molecule has 1 fully saturated rings. The van der Waals surface area contributed by atoms with E-state index in [1.54, 1.807) is 20.4 Å². The van der Waals surface area contributed by atoms with Gasteiger partial charge in [0.25, 0.3) is 5.89 Å². The molecule has 1 aliphatic rings. The molecule has 1 aliphatic heterocycles. The summed E-state index contributed by atoms with van der Waals surface area (Å²) in [6.07, 6.45) is 4.18. The molecule has 0 radical (unpaired) electrons. The first-order chi connectivity index (χ1) is 13.8. The van der Waals surface area contributed by atoms with Crippen molar-refractivity contribution in [2.45, 2.75) is 18.9 Å². The molecule has 1 aromatic carbocycles. The summed E-state index contributed by atoms with van der Waals surface area (Å²) in [5.41, 5.74) is 1.43. The molecule has 146 valence electrons. The van der Waals surface area contributed by atoms with Gasteiger partial charge in [-0.3, -0.25) is 0 Å². The summed E-state index contributed by atoms with van der Waals surface area (Å²) in [6, 6.07) is 9.30. The standard InChI is InChI=1S/C20H22N4O4/c1-25-16-7-3-6-15(18(16)26-2)19-23-20(28-24-19)13-8-9-17(21-11-13)22-12-14-5-4-10-27-14/h3,6-9,11,14H,4-5,10,12H2,1-2H3,(H,21,22)/t14-/m1/s1. The van der Waals surface area contributed by atoms with Gasteiger partial charge in [0.05, 0.1) is 31.5 Å². The SMILES string of the molecule is COc1cccc(-c2noc(-c3ccc(NC[C@H]4CCCO4)nc3)n2)c1OC. The second kappa shape index (κ2) is 8.26. The van der Waals surface area contributed by atoms with Gasteiger partial charge in [0, 0.05) is 19.3 Å². The molecule has 3 heterocycles. The summed E-state index contributed by atoms with van der Waals surface area (Å²) >= 11 is 0. The van der Waals surface area contributed by atoms with Crippen LogP contribution in [0.3, 0.4) is 0 Å². The fourth-order valence-electron chi connectivity index (χ4n) is 3.16. The lowest BCUT2D eigenvalue weighted by Gasteiger charge is -2.11. The van der Waals surface area contributed by atoms with Crippen LogP contribution in [0.25, 0.3) is 22.8 Å². The highest BCUT2D eigenvalue weighted by Gasteiger charge is 2.18. The van der Waals surface area contributed by atoms with E-state index in [1.807, 2.05) is 30.3 Å². The second-order valence-electron chi connectivity index (χ2n) is 6.41. The Hall–Kier alpha value is -3.13. The first-order valence-electron chi connectivity index (χ1n) is 9.15. The third-order valence-corrected chi connectivity index (χ3v) is 4.62. The predicted molar refractivity (Wildman–Crippen MR) is 104 cm³/mol. The van der Waals surface area contributed by atoms with E-state index in [4.69, 9.17) is 18.7 Å². The number of benzene rings is 1. The number of methoxy groups -OCH3 is 2.